The SMILES string of the molecule is Cc1nn(C)c2ncc(/C=C/c3cc(=O)[nH]c(C4CC4)n3)cc12. The van der Waals surface area contributed by atoms with Crippen molar-refractivity contribution >= 4 is 23.2 Å². The molecule has 3 aromatic heterocycles. The Morgan fingerprint density at radius 1 is 1.30 bits per heavy atom. The fourth-order valence-corrected chi connectivity index (χ4v) is 2.73. The quantitative estimate of drug-likeness (QED) is 0.806. The van der Waals surface area contributed by atoms with Crippen LogP contribution < -0.4 is 5.56 Å². The molecule has 1 aliphatic carbocycles. The van der Waals surface area contributed by atoms with Gasteiger partial charge >= 0.3 is 0 Å². The third kappa shape index (κ3) is 2.67. The van der Waals surface area contributed by atoms with Gasteiger partial charge in [-0.1, -0.05) is 6.08 Å². The van der Waals surface area contributed by atoms with E-state index >= 15 is 0 Å². The van der Waals surface area contributed by atoms with Crippen LogP contribution in [-0.2, 0) is 7.05 Å². The molecule has 0 atom stereocenters. The average molecular weight is 307 g/mol. The fourth-order valence-electron chi connectivity index (χ4n) is 2.73. The first kappa shape index (κ1) is 13.9. The monoisotopic (exact) mass is 307 g/mol. The second-order valence-electron chi connectivity index (χ2n) is 6.01. The summed E-state index contributed by atoms with van der Waals surface area (Å²) in [4.78, 5) is 23.5. The molecule has 0 saturated heterocycles. The Morgan fingerprint density at radius 3 is 2.91 bits per heavy atom. The number of pyridine rings is 1. The first-order valence-corrected chi connectivity index (χ1v) is 7.69. The van der Waals surface area contributed by atoms with Crippen molar-refractivity contribution in [3.63, 3.8) is 0 Å². The highest BCUT2D eigenvalue weighted by Gasteiger charge is 2.26. The van der Waals surface area contributed by atoms with Gasteiger partial charge in [0.25, 0.3) is 5.56 Å². The maximum atomic E-state index is 11.7. The molecule has 0 radical (unpaired) electrons. The van der Waals surface area contributed by atoms with Crippen molar-refractivity contribution in [3.05, 3.63) is 51.5 Å². The van der Waals surface area contributed by atoms with Gasteiger partial charge in [0.15, 0.2) is 5.65 Å². The molecular formula is C17H17N5O. The first-order chi connectivity index (χ1) is 11.1. The number of hydrogen-bond acceptors (Lipinski definition) is 4. The van der Waals surface area contributed by atoms with Crippen LogP contribution in [0.5, 0.6) is 0 Å². The zero-order chi connectivity index (χ0) is 16.0. The summed E-state index contributed by atoms with van der Waals surface area (Å²) in [6, 6.07) is 3.57. The molecule has 1 saturated carbocycles. The lowest BCUT2D eigenvalue weighted by Crippen LogP contribution is -2.10. The summed E-state index contributed by atoms with van der Waals surface area (Å²) in [6.07, 6.45) is 7.80. The third-order valence-corrected chi connectivity index (χ3v) is 4.07. The normalized spacial score (nSPS) is 14.9. The van der Waals surface area contributed by atoms with Crippen LogP contribution >= 0.6 is 0 Å². The van der Waals surface area contributed by atoms with Gasteiger partial charge < -0.3 is 4.98 Å². The number of aromatic amines is 1. The second kappa shape index (κ2) is 5.15. The molecule has 0 amide bonds. The molecule has 116 valence electrons. The zero-order valence-electron chi connectivity index (χ0n) is 13.1. The van der Waals surface area contributed by atoms with Gasteiger partial charge in [-0.25, -0.2) is 9.97 Å². The molecule has 0 aliphatic heterocycles. The van der Waals surface area contributed by atoms with E-state index in [9.17, 15) is 4.79 Å². The van der Waals surface area contributed by atoms with Crippen molar-refractivity contribution in [3.8, 4) is 0 Å². The van der Waals surface area contributed by atoms with Crippen molar-refractivity contribution in [1.29, 1.82) is 0 Å². The maximum absolute atomic E-state index is 11.7. The molecule has 0 bridgehead atoms. The molecule has 0 spiro atoms. The Labute approximate surface area is 132 Å². The predicted octanol–water partition coefficient (Wildman–Crippen LogP) is 2.41. The van der Waals surface area contributed by atoms with Crippen molar-refractivity contribution in [2.75, 3.05) is 0 Å². The number of aromatic nitrogens is 5. The average Bonchev–Trinajstić information content (AvgIpc) is 3.33. The van der Waals surface area contributed by atoms with E-state index < -0.39 is 0 Å². The molecule has 0 aromatic carbocycles. The van der Waals surface area contributed by atoms with Crippen LogP contribution in [0.2, 0.25) is 0 Å². The lowest BCUT2D eigenvalue weighted by atomic mass is 10.2. The van der Waals surface area contributed by atoms with Crippen molar-refractivity contribution in [1.82, 2.24) is 24.7 Å². The summed E-state index contributed by atoms with van der Waals surface area (Å²) in [6.45, 7) is 1.97. The first-order valence-electron chi connectivity index (χ1n) is 7.69. The van der Waals surface area contributed by atoms with Crippen LogP contribution in [0.25, 0.3) is 23.2 Å². The number of aryl methyl sites for hydroxylation is 2. The van der Waals surface area contributed by atoms with Gasteiger partial charge in [-0.2, -0.15) is 5.10 Å². The molecule has 3 heterocycles. The van der Waals surface area contributed by atoms with E-state index in [0.29, 0.717) is 11.6 Å². The molecule has 1 aliphatic rings. The van der Waals surface area contributed by atoms with Gasteiger partial charge in [-0.15, -0.1) is 0 Å². The Balaban J connectivity index is 1.68. The van der Waals surface area contributed by atoms with Gasteiger partial charge in [0, 0.05) is 30.6 Å². The van der Waals surface area contributed by atoms with Crippen LogP contribution in [0.1, 0.15) is 41.5 Å². The smallest absolute Gasteiger partial charge is 0.251 e. The van der Waals surface area contributed by atoms with Crippen molar-refractivity contribution < 1.29 is 0 Å². The third-order valence-electron chi connectivity index (χ3n) is 4.07. The van der Waals surface area contributed by atoms with Crippen molar-refractivity contribution in [2.45, 2.75) is 25.7 Å². The van der Waals surface area contributed by atoms with E-state index in [4.69, 9.17) is 0 Å². The van der Waals surface area contributed by atoms with Gasteiger partial charge in [0.1, 0.15) is 5.82 Å². The highest BCUT2D eigenvalue weighted by Crippen LogP contribution is 2.37. The van der Waals surface area contributed by atoms with Gasteiger partial charge in [0.05, 0.1) is 11.4 Å². The Kier molecular flexibility index (Phi) is 3.11. The van der Waals surface area contributed by atoms with Gasteiger partial charge in [-0.05, 0) is 37.5 Å². The van der Waals surface area contributed by atoms with E-state index in [0.717, 1.165) is 41.0 Å². The van der Waals surface area contributed by atoms with Crippen LogP contribution in [0.4, 0.5) is 0 Å². The zero-order valence-corrected chi connectivity index (χ0v) is 13.1. The summed E-state index contributed by atoms with van der Waals surface area (Å²) < 4.78 is 1.78. The van der Waals surface area contributed by atoms with Crippen LogP contribution in [0, 0.1) is 6.92 Å². The lowest BCUT2D eigenvalue weighted by molar-refractivity contribution is 0.774. The molecule has 4 rings (SSSR count). The highest BCUT2D eigenvalue weighted by molar-refractivity contribution is 5.82. The number of rotatable bonds is 3. The molecule has 23 heavy (non-hydrogen) atoms. The second-order valence-corrected chi connectivity index (χ2v) is 6.01. The van der Waals surface area contributed by atoms with Crippen molar-refractivity contribution in [2.24, 2.45) is 7.05 Å². The molecule has 0 unspecified atom stereocenters. The van der Waals surface area contributed by atoms with Gasteiger partial charge in [0.2, 0.25) is 0 Å². The van der Waals surface area contributed by atoms with Crippen LogP contribution in [0.3, 0.4) is 0 Å². The number of hydrogen-bond donors (Lipinski definition) is 1. The number of H-pyrrole nitrogens is 1. The minimum absolute atomic E-state index is 0.0989. The lowest BCUT2D eigenvalue weighted by Gasteiger charge is -1.99. The summed E-state index contributed by atoms with van der Waals surface area (Å²) in [7, 11) is 1.89. The molecule has 3 aromatic rings. The van der Waals surface area contributed by atoms with E-state index in [1.54, 1.807) is 10.9 Å². The molecular weight excluding hydrogens is 290 g/mol. The Morgan fingerprint density at radius 2 is 2.13 bits per heavy atom. The van der Waals surface area contributed by atoms with E-state index in [-0.39, 0.29) is 5.56 Å². The maximum Gasteiger partial charge on any atom is 0.251 e. The number of nitrogens with zero attached hydrogens (tertiary/aromatic N) is 4. The summed E-state index contributed by atoms with van der Waals surface area (Å²) >= 11 is 0. The van der Waals surface area contributed by atoms with Gasteiger partial charge in [-0.3, -0.25) is 9.48 Å². The standard InChI is InChI=1S/C17H17N5O/c1-10-14-7-11(9-18-17(14)22(2)21-10)3-6-13-8-15(23)20-16(19-13)12-4-5-12/h3,6-9,12H,4-5H2,1-2H3,(H,19,20,23)/b6-3+. The largest absolute Gasteiger partial charge is 0.310 e. The van der Waals surface area contributed by atoms with E-state index in [1.807, 2.05) is 26.1 Å². The summed E-state index contributed by atoms with van der Waals surface area (Å²) in [5, 5.41) is 5.41. The molecule has 6 heteroatoms. The topological polar surface area (TPSA) is 76.5 Å². The predicted molar refractivity (Wildman–Crippen MR) is 89.0 cm³/mol. The molecule has 6 nitrogen and oxygen atoms in total. The fraction of sp³-hybridized carbons (Fsp3) is 0.294. The Hall–Kier alpha value is -2.76. The number of nitrogens with one attached hydrogen (secondary N) is 1. The molecule has 1 fully saturated rings. The minimum atomic E-state index is -0.0989. The Bertz CT molecular complexity index is 978. The highest BCUT2D eigenvalue weighted by atomic mass is 16.1. The van der Waals surface area contributed by atoms with E-state index in [1.165, 1.54) is 6.07 Å². The van der Waals surface area contributed by atoms with Crippen LogP contribution in [0.15, 0.2) is 23.1 Å². The summed E-state index contributed by atoms with van der Waals surface area (Å²) in [5.41, 5.74) is 3.36. The van der Waals surface area contributed by atoms with E-state index in [2.05, 4.69) is 26.1 Å². The minimum Gasteiger partial charge on any atom is -0.310 e. The number of fused-ring (bicyclic) bond motifs is 1. The summed E-state index contributed by atoms with van der Waals surface area (Å²) in [5.74, 6) is 1.22. The van der Waals surface area contributed by atoms with Crippen LogP contribution in [-0.4, -0.2) is 24.7 Å². The molecule has 1 N–H and O–H groups in total.